The fourth-order valence-corrected chi connectivity index (χ4v) is 2.64. The Morgan fingerprint density at radius 3 is 2.50 bits per heavy atom. The second kappa shape index (κ2) is 5.11. The largest absolute Gasteiger partial charge is 0.431 e. The Labute approximate surface area is 113 Å². The summed E-state index contributed by atoms with van der Waals surface area (Å²) in [6, 6.07) is 6.52. The first-order valence-electron chi connectivity index (χ1n) is 5.11. The molecule has 0 amide bonds. The minimum atomic E-state index is -3.65. The Morgan fingerprint density at radius 2 is 2.00 bits per heavy atom. The van der Waals surface area contributed by atoms with E-state index in [1.54, 1.807) is 19.1 Å². The molecule has 0 spiro atoms. The number of rotatable bonds is 4. The highest BCUT2D eigenvalue weighted by Crippen LogP contribution is 2.16. The molecule has 1 aromatic heterocycles. The van der Waals surface area contributed by atoms with E-state index < -0.39 is 10.0 Å². The Morgan fingerprint density at radius 1 is 1.33 bits per heavy atom. The number of halogens is 1. The summed E-state index contributed by atoms with van der Waals surface area (Å²) in [5.41, 5.74) is 1.61. The van der Waals surface area contributed by atoms with Crippen LogP contribution in [0.25, 0.3) is 0 Å². The van der Waals surface area contributed by atoms with Crippen LogP contribution in [0.3, 0.4) is 0 Å². The summed E-state index contributed by atoms with van der Waals surface area (Å²) in [7, 11) is -3.65. The number of nitrogens with one attached hydrogen (secondary N) is 1. The molecular weight excluding hydrogens is 320 g/mol. The van der Waals surface area contributed by atoms with Gasteiger partial charge < -0.3 is 4.42 Å². The fraction of sp³-hybridized carbons (Fsp3) is 0.182. The van der Waals surface area contributed by atoms with Crippen LogP contribution < -0.4 is 4.72 Å². The monoisotopic (exact) mass is 330 g/mol. The van der Waals surface area contributed by atoms with E-state index in [1.165, 1.54) is 18.4 Å². The lowest BCUT2D eigenvalue weighted by atomic mass is 10.2. The van der Waals surface area contributed by atoms with Gasteiger partial charge in [0.1, 0.15) is 6.26 Å². The second-order valence-corrected chi connectivity index (χ2v) is 5.92. The molecule has 0 aliphatic carbocycles. The highest BCUT2D eigenvalue weighted by Gasteiger charge is 2.16. The van der Waals surface area contributed by atoms with E-state index in [-0.39, 0.29) is 10.9 Å². The van der Waals surface area contributed by atoms with Gasteiger partial charge in [-0.05, 0) is 24.6 Å². The number of hydrogen-bond acceptors (Lipinski definition) is 4. The van der Waals surface area contributed by atoms with Gasteiger partial charge in [0.25, 0.3) is 10.0 Å². The number of anilines is 1. The van der Waals surface area contributed by atoms with Crippen LogP contribution in [0.1, 0.15) is 11.3 Å². The van der Waals surface area contributed by atoms with Crippen molar-refractivity contribution in [3.63, 3.8) is 0 Å². The van der Waals surface area contributed by atoms with E-state index in [0.717, 1.165) is 5.56 Å². The number of aromatic nitrogens is 1. The standard InChI is InChI=1S/C11H11BrN2O3S/c1-8-7-17-11(13-8)14-18(15,16)10-4-2-9(6-12)3-5-10/h2-5,7H,6H2,1H3,(H,13,14). The van der Waals surface area contributed by atoms with Gasteiger partial charge in [-0.25, -0.2) is 13.1 Å². The van der Waals surface area contributed by atoms with Gasteiger partial charge in [-0.2, -0.15) is 4.98 Å². The Balaban J connectivity index is 2.24. The van der Waals surface area contributed by atoms with Crippen molar-refractivity contribution in [2.24, 2.45) is 0 Å². The van der Waals surface area contributed by atoms with Gasteiger partial charge in [0.15, 0.2) is 0 Å². The number of nitrogens with zero attached hydrogens (tertiary/aromatic N) is 1. The Bertz CT molecular complexity index is 635. The van der Waals surface area contributed by atoms with E-state index in [9.17, 15) is 8.42 Å². The molecule has 1 heterocycles. The van der Waals surface area contributed by atoms with Crippen LogP contribution in [0.2, 0.25) is 0 Å². The molecule has 0 saturated heterocycles. The number of alkyl halides is 1. The first-order valence-corrected chi connectivity index (χ1v) is 7.71. The summed E-state index contributed by atoms with van der Waals surface area (Å²) >= 11 is 3.30. The highest BCUT2D eigenvalue weighted by molar-refractivity contribution is 9.08. The Kier molecular flexibility index (Phi) is 3.72. The SMILES string of the molecule is Cc1coc(NS(=O)(=O)c2ccc(CBr)cc2)n1. The number of hydrogen-bond donors (Lipinski definition) is 1. The van der Waals surface area contributed by atoms with Gasteiger partial charge in [0.2, 0.25) is 0 Å². The zero-order valence-electron chi connectivity index (χ0n) is 9.55. The van der Waals surface area contributed by atoms with E-state index >= 15 is 0 Å². The third kappa shape index (κ3) is 2.91. The lowest BCUT2D eigenvalue weighted by molar-refractivity contribution is 0.569. The normalized spacial score (nSPS) is 11.4. The maximum atomic E-state index is 12.0. The first kappa shape index (κ1) is 13.1. The third-order valence-corrected chi connectivity index (χ3v) is 4.21. The average Bonchev–Trinajstić information content (AvgIpc) is 2.74. The van der Waals surface area contributed by atoms with Crippen LogP contribution >= 0.6 is 15.9 Å². The summed E-state index contributed by atoms with van der Waals surface area (Å²) in [6.45, 7) is 1.71. The van der Waals surface area contributed by atoms with Crippen molar-refractivity contribution in [2.45, 2.75) is 17.1 Å². The maximum absolute atomic E-state index is 12.0. The average molecular weight is 331 g/mol. The van der Waals surface area contributed by atoms with Gasteiger partial charge in [-0.15, -0.1) is 0 Å². The van der Waals surface area contributed by atoms with E-state index in [4.69, 9.17) is 4.42 Å². The molecule has 2 aromatic rings. The summed E-state index contributed by atoms with van der Waals surface area (Å²) in [5, 5.41) is 0.680. The Hall–Kier alpha value is -1.34. The van der Waals surface area contributed by atoms with Gasteiger partial charge in [-0.3, -0.25) is 0 Å². The van der Waals surface area contributed by atoms with Gasteiger partial charge in [0, 0.05) is 5.33 Å². The van der Waals surface area contributed by atoms with Gasteiger partial charge in [0.05, 0.1) is 10.6 Å². The van der Waals surface area contributed by atoms with Gasteiger partial charge in [-0.1, -0.05) is 28.1 Å². The maximum Gasteiger partial charge on any atom is 0.309 e. The van der Waals surface area contributed by atoms with Gasteiger partial charge >= 0.3 is 6.01 Å². The molecule has 0 bridgehead atoms. The molecule has 5 nitrogen and oxygen atoms in total. The molecule has 0 fully saturated rings. The minimum Gasteiger partial charge on any atom is -0.431 e. The van der Waals surface area contributed by atoms with Crippen molar-refractivity contribution in [2.75, 3.05) is 4.72 Å². The lowest BCUT2D eigenvalue weighted by Gasteiger charge is -2.04. The molecule has 2 rings (SSSR count). The first-order chi connectivity index (χ1) is 8.51. The molecule has 7 heteroatoms. The molecule has 0 saturated carbocycles. The van der Waals surface area contributed by atoms with Crippen LogP contribution in [-0.4, -0.2) is 13.4 Å². The van der Waals surface area contributed by atoms with Crippen molar-refractivity contribution >= 4 is 32.0 Å². The number of aryl methyl sites for hydroxylation is 1. The zero-order valence-corrected chi connectivity index (χ0v) is 12.0. The van der Waals surface area contributed by atoms with Crippen molar-refractivity contribution in [1.82, 2.24) is 4.98 Å². The smallest absolute Gasteiger partial charge is 0.309 e. The number of oxazole rings is 1. The molecule has 0 atom stereocenters. The van der Waals surface area contributed by atoms with E-state index in [0.29, 0.717) is 11.0 Å². The van der Waals surface area contributed by atoms with Crippen LogP contribution in [0.5, 0.6) is 0 Å². The zero-order chi connectivity index (χ0) is 13.2. The summed E-state index contributed by atoms with van der Waals surface area (Å²) in [4.78, 5) is 4.06. The molecular formula is C11H11BrN2O3S. The molecule has 96 valence electrons. The number of sulfonamides is 1. The quantitative estimate of drug-likeness (QED) is 0.875. The van der Waals surface area contributed by atoms with Crippen LogP contribution in [0.15, 0.2) is 39.8 Å². The molecule has 1 N–H and O–H groups in total. The highest BCUT2D eigenvalue weighted by atomic mass is 79.9. The topological polar surface area (TPSA) is 72.2 Å². The summed E-state index contributed by atoms with van der Waals surface area (Å²) in [5.74, 6) is 0. The molecule has 1 aromatic carbocycles. The van der Waals surface area contributed by atoms with Crippen molar-refractivity contribution in [3.05, 3.63) is 41.8 Å². The summed E-state index contributed by atoms with van der Waals surface area (Å²) in [6.07, 6.45) is 1.38. The fourth-order valence-electron chi connectivity index (χ4n) is 1.33. The van der Waals surface area contributed by atoms with Crippen molar-refractivity contribution in [3.8, 4) is 0 Å². The predicted molar refractivity (Wildman–Crippen MR) is 71.1 cm³/mol. The van der Waals surface area contributed by atoms with Crippen LogP contribution in [-0.2, 0) is 15.4 Å². The second-order valence-electron chi connectivity index (χ2n) is 3.68. The molecule has 18 heavy (non-hydrogen) atoms. The molecule has 0 unspecified atom stereocenters. The van der Waals surface area contributed by atoms with Crippen LogP contribution in [0, 0.1) is 6.92 Å². The molecule has 0 aliphatic heterocycles. The van der Waals surface area contributed by atoms with Crippen molar-refractivity contribution in [1.29, 1.82) is 0 Å². The lowest BCUT2D eigenvalue weighted by Crippen LogP contribution is -2.13. The summed E-state index contributed by atoms with van der Waals surface area (Å²) < 4.78 is 31.2. The number of benzene rings is 1. The van der Waals surface area contributed by atoms with Crippen LogP contribution in [0.4, 0.5) is 6.01 Å². The van der Waals surface area contributed by atoms with E-state index in [2.05, 4.69) is 25.6 Å². The van der Waals surface area contributed by atoms with E-state index in [1.807, 2.05) is 0 Å². The molecule has 0 radical (unpaired) electrons. The predicted octanol–water partition coefficient (Wildman–Crippen LogP) is 2.68. The minimum absolute atomic E-state index is 0.0305. The van der Waals surface area contributed by atoms with Crippen molar-refractivity contribution < 1.29 is 12.8 Å². The third-order valence-electron chi connectivity index (χ3n) is 2.23. The molecule has 0 aliphatic rings.